The van der Waals surface area contributed by atoms with Gasteiger partial charge in [0.1, 0.15) is 0 Å². The van der Waals surface area contributed by atoms with Gasteiger partial charge in [-0.1, -0.05) is 0 Å². The van der Waals surface area contributed by atoms with Gasteiger partial charge in [0.05, 0.1) is 17.4 Å². The zero-order valence-corrected chi connectivity index (χ0v) is 15.9. The van der Waals surface area contributed by atoms with E-state index >= 15 is 0 Å². The van der Waals surface area contributed by atoms with E-state index in [9.17, 15) is 19.2 Å². The molecule has 1 aromatic heterocycles. The highest BCUT2D eigenvalue weighted by Crippen LogP contribution is 2.29. The Balaban J connectivity index is 1.61. The molecule has 28 heavy (non-hydrogen) atoms. The van der Waals surface area contributed by atoms with Crippen LogP contribution in [0.4, 0.5) is 0 Å². The van der Waals surface area contributed by atoms with Crippen LogP contribution in [0.3, 0.4) is 0 Å². The number of hydrogen-bond acceptors (Lipinski definition) is 5. The SMILES string of the molecule is CC(C)(C)N1C(=O)c2ccc(C(=O)NCCNC(=O)c3ccco3)cc2C1=O. The molecule has 1 aliphatic rings. The first-order valence-electron chi connectivity index (χ1n) is 8.83. The standard InChI is InChI=1S/C20H21N3O5/c1-20(2,3)23-18(26)13-7-6-12(11-14(13)19(23)27)16(24)21-8-9-22-17(25)15-5-4-10-28-15/h4-7,10-11H,8-9H2,1-3H3,(H,21,24)(H,22,25). The number of carbonyl (C=O) groups is 4. The van der Waals surface area contributed by atoms with Crippen molar-refractivity contribution in [2.45, 2.75) is 26.3 Å². The van der Waals surface area contributed by atoms with E-state index in [0.717, 1.165) is 0 Å². The number of hydrogen-bond donors (Lipinski definition) is 2. The third-order valence-corrected chi connectivity index (χ3v) is 4.26. The molecule has 1 aromatic carbocycles. The molecule has 0 saturated carbocycles. The molecule has 1 aliphatic heterocycles. The lowest BCUT2D eigenvalue weighted by Gasteiger charge is -2.29. The van der Waals surface area contributed by atoms with Crippen LogP contribution in [0, 0.1) is 0 Å². The molecule has 4 amide bonds. The van der Waals surface area contributed by atoms with Crippen molar-refractivity contribution in [1.29, 1.82) is 0 Å². The Hall–Kier alpha value is -3.42. The second kappa shape index (κ2) is 7.30. The summed E-state index contributed by atoms with van der Waals surface area (Å²) in [7, 11) is 0. The Bertz CT molecular complexity index is 941. The van der Waals surface area contributed by atoms with Crippen LogP contribution < -0.4 is 10.6 Å². The van der Waals surface area contributed by atoms with Crippen LogP contribution in [-0.2, 0) is 0 Å². The fourth-order valence-corrected chi connectivity index (χ4v) is 2.94. The quantitative estimate of drug-likeness (QED) is 0.605. The number of carbonyl (C=O) groups excluding carboxylic acids is 4. The van der Waals surface area contributed by atoms with Gasteiger partial charge in [-0.05, 0) is 51.1 Å². The second-order valence-electron chi connectivity index (χ2n) is 7.37. The molecular weight excluding hydrogens is 362 g/mol. The van der Waals surface area contributed by atoms with Gasteiger partial charge in [-0.2, -0.15) is 0 Å². The van der Waals surface area contributed by atoms with E-state index in [1.54, 1.807) is 26.8 Å². The van der Waals surface area contributed by atoms with E-state index in [-0.39, 0.29) is 41.8 Å². The van der Waals surface area contributed by atoms with Gasteiger partial charge in [-0.15, -0.1) is 0 Å². The van der Waals surface area contributed by atoms with Crippen LogP contribution in [0.15, 0.2) is 41.0 Å². The lowest BCUT2D eigenvalue weighted by atomic mass is 10.1. The summed E-state index contributed by atoms with van der Waals surface area (Å²) in [6, 6.07) is 7.58. The summed E-state index contributed by atoms with van der Waals surface area (Å²) in [6.45, 7) is 5.74. The zero-order chi connectivity index (χ0) is 20.5. The van der Waals surface area contributed by atoms with Gasteiger partial charge in [0.2, 0.25) is 0 Å². The van der Waals surface area contributed by atoms with Gasteiger partial charge < -0.3 is 15.1 Å². The topological polar surface area (TPSA) is 109 Å². The maximum atomic E-state index is 12.6. The van der Waals surface area contributed by atoms with Crippen LogP contribution in [0.25, 0.3) is 0 Å². The van der Waals surface area contributed by atoms with Gasteiger partial charge in [0, 0.05) is 24.2 Å². The summed E-state index contributed by atoms with van der Waals surface area (Å²) < 4.78 is 4.97. The van der Waals surface area contributed by atoms with Gasteiger partial charge in [-0.3, -0.25) is 24.1 Å². The van der Waals surface area contributed by atoms with Crippen LogP contribution in [0.1, 0.15) is 62.4 Å². The number of amides is 4. The van der Waals surface area contributed by atoms with E-state index < -0.39 is 17.4 Å². The summed E-state index contributed by atoms with van der Waals surface area (Å²) in [5.74, 6) is -1.35. The highest BCUT2D eigenvalue weighted by Gasteiger charge is 2.42. The van der Waals surface area contributed by atoms with Gasteiger partial charge in [0.25, 0.3) is 23.6 Å². The van der Waals surface area contributed by atoms with Crippen LogP contribution in [-0.4, -0.2) is 47.2 Å². The monoisotopic (exact) mass is 383 g/mol. The van der Waals surface area contributed by atoms with Crippen molar-refractivity contribution in [3.05, 3.63) is 59.0 Å². The predicted molar refractivity (Wildman–Crippen MR) is 100 cm³/mol. The smallest absolute Gasteiger partial charge is 0.287 e. The summed E-state index contributed by atoms with van der Waals surface area (Å²) in [5, 5.41) is 5.28. The largest absolute Gasteiger partial charge is 0.459 e. The summed E-state index contributed by atoms with van der Waals surface area (Å²) in [4.78, 5) is 50.3. The third-order valence-electron chi connectivity index (χ3n) is 4.26. The molecule has 0 fully saturated rings. The number of nitrogens with zero attached hydrogens (tertiary/aromatic N) is 1. The van der Waals surface area contributed by atoms with E-state index in [0.29, 0.717) is 5.56 Å². The third kappa shape index (κ3) is 3.66. The molecular formula is C20H21N3O5. The van der Waals surface area contributed by atoms with Crippen LogP contribution in [0.5, 0.6) is 0 Å². The minimum Gasteiger partial charge on any atom is -0.459 e. The van der Waals surface area contributed by atoms with Crippen LogP contribution >= 0.6 is 0 Å². The summed E-state index contributed by atoms with van der Waals surface area (Å²) in [5.41, 5.74) is 0.135. The Morgan fingerprint density at radius 3 is 2.21 bits per heavy atom. The maximum Gasteiger partial charge on any atom is 0.287 e. The molecule has 0 atom stereocenters. The van der Waals surface area contributed by atoms with Crippen molar-refractivity contribution in [1.82, 2.24) is 15.5 Å². The van der Waals surface area contributed by atoms with Gasteiger partial charge >= 0.3 is 0 Å². The van der Waals surface area contributed by atoms with E-state index in [1.165, 1.54) is 35.4 Å². The molecule has 2 heterocycles. The molecule has 0 aliphatic carbocycles. The molecule has 8 nitrogen and oxygen atoms in total. The predicted octanol–water partition coefficient (Wildman–Crippen LogP) is 1.83. The number of nitrogens with one attached hydrogen (secondary N) is 2. The Morgan fingerprint density at radius 1 is 0.964 bits per heavy atom. The first-order chi connectivity index (χ1) is 13.2. The number of fused-ring (bicyclic) bond motifs is 1. The molecule has 8 heteroatoms. The molecule has 0 bridgehead atoms. The van der Waals surface area contributed by atoms with Gasteiger partial charge in [-0.25, -0.2) is 0 Å². The van der Waals surface area contributed by atoms with Crippen molar-refractivity contribution in [3.63, 3.8) is 0 Å². The molecule has 0 unspecified atom stereocenters. The minimum atomic E-state index is -0.651. The highest BCUT2D eigenvalue weighted by molar-refractivity contribution is 6.22. The molecule has 0 spiro atoms. The molecule has 0 radical (unpaired) electrons. The Morgan fingerprint density at radius 2 is 1.61 bits per heavy atom. The van der Waals surface area contributed by atoms with Crippen molar-refractivity contribution < 1.29 is 23.6 Å². The zero-order valence-electron chi connectivity index (χ0n) is 15.9. The first-order valence-corrected chi connectivity index (χ1v) is 8.83. The molecule has 3 rings (SSSR count). The Labute approximate surface area is 161 Å². The van der Waals surface area contributed by atoms with Crippen molar-refractivity contribution in [3.8, 4) is 0 Å². The molecule has 146 valence electrons. The molecule has 0 saturated heterocycles. The lowest BCUT2D eigenvalue weighted by molar-refractivity contribution is 0.0507. The normalized spacial score (nSPS) is 13.5. The highest BCUT2D eigenvalue weighted by atomic mass is 16.3. The minimum absolute atomic E-state index is 0.191. The lowest BCUT2D eigenvalue weighted by Crippen LogP contribution is -2.45. The summed E-state index contributed by atoms with van der Waals surface area (Å²) in [6.07, 6.45) is 1.40. The number of furan rings is 1. The average molecular weight is 383 g/mol. The fraction of sp³-hybridized carbons (Fsp3) is 0.300. The number of benzene rings is 1. The summed E-state index contributed by atoms with van der Waals surface area (Å²) >= 11 is 0. The first kappa shape index (κ1) is 19.3. The molecule has 2 N–H and O–H groups in total. The average Bonchev–Trinajstić information content (AvgIpc) is 3.25. The van der Waals surface area contributed by atoms with Crippen molar-refractivity contribution in [2.75, 3.05) is 13.1 Å². The molecule has 2 aromatic rings. The number of imide groups is 1. The van der Waals surface area contributed by atoms with E-state index in [2.05, 4.69) is 10.6 Å². The van der Waals surface area contributed by atoms with E-state index in [1.807, 2.05) is 0 Å². The van der Waals surface area contributed by atoms with Gasteiger partial charge in [0.15, 0.2) is 5.76 Å². The van der Waals surface area contributed by atoms with E-state index in [4.69, 9.17) is 4.42 Å². The number of rotatable bonds is 5. The van der Waals surface area contributed by atoms with Crippen molar-refractivity contribution >= 4 is 23.6 Å². The van der Waals surface area contributed by atoms with Crippen LogP contribution in [0.2, 0.25) is 0 Å². The fourth-order valence-electron chi connectivity index (χ4n) is 2.94. The van der Waals surface area contributed by atoms with Crippen molar-refractivity contribution in [2.24, 2.45) is 0 Å². The Kier molecular flexibility index (Phi) is 5.04. The maximum absolute atomic E-state index is 12.6. The second-order valence-corrected chi connectivity index (χ2v) is 7.37.